The highest BCUT2D eigenvalue weighted by Gasteiger charge is 2.58. The molecule has 3 heterocycles. The zero-order valence-electron chi connectivity index (χ0n) is 45.4. The maximum absolute atomic E-state index is 13.9. The molecule has 0 unspecified atom stereocenters. The van der Waals surface area contributed by atoms with Crippen LogP contribution in [0.1, 0.15) is 78.9 Å². The van der Waals surface area contributed by atoms with E-state index in [1.165, 1.54) is 11.8 Å². The molecule has 1 saturated carbocycles. The van der Waals surface area contributed by atoms with Crippen LogP contribution in [-0.4, -0.2) is 165 Å². The van der Waals surface area contributed by atoms with E-state index in [1.54, 1.807) is 12.1 Å². The lowest BCUT2D eigenvalue weighted by atomic mass is 9.84. The SMILES string of the molecule is CC(=O)OC[C@H]1O[C@@H](O[C@@H]2[C@@H](OC(C)=O)[C@H](N=[N+]=[N-])C[C@H](N=[N+]=[N-])[C@H]2O[C@H]2O[C@H](CN(Cc3ccccc3)C(=O)OCc3ccccc3)CC[C@H]2OC(C)=O)[C@H](OC(C)=O)[C@@H]1O[C@H]1O[C@@H](CN=[N+]=[N-])[C@@H](OC(C)=O)[C@H](OC(C)=O)[C@H]1C. The van der Waals surface area contributed by atoms with Crippen molar-refractivity contribution in [2.75, 3.05) is 19.7 Å². The van der Waals surface area contributed by atoms with Crippen LogP contribution in [0.25, 0.3) is 31.3 Å². The Kier molecular flexibility index (Phi) is 23.2. The highest BCUT2D eigenvalue weighted by molar-refractivity contribution is 5.69. The molecule has 3 aliphatic heterocycles. The number of nitrogens with zero attached hydrogens (tertiary/aromatic N) is 10. The van der Waals surface area contributed by atoms with Crippen LogP contribution in [0, 0.1) is 5.92 Å². The first-order valence-corrected chi connectivity index (χ1v) is 25.8. The van der Waals surface area contributed by atoms with Gasteiger partial charge in [0.1, 0.15) is 49.8 Å². The Morgan fingerprint density at radius 3 is 1.69 bits per heavy atom. The minimum absolute atomic E-state index is 0.0389. The summed E-state index contributed by atoms with van der Waals surface area (Å²) >= 11 is 0. The fraction of sp³-hybridized carbons (Fsp3) is 0.627. The number of azide groups is 3. The van der Waals surface area contributed by atoms with E-state index in [0.717, 1.165) is 52.7 Å². The average Bonchev–Trinajstić information content (AvgIpc) is 3.77. The van der Waals surface area contributed by atoms with Crippen molar-refractivity contribution in [2.45, 2.75) is 179 Å². The molecule has 0 N–H and O–H groups in total. The van der Waals surface area contributed by atoms with Gasteiger partial charge in [-0.2, -0.15) is 0 Å². The van der Waals surface area contributed by atoms with Crippen LogP contribution in [0.4, 0.5) is 4.79 Å². The predicted octanol–water partition coefficient (Wildman–Crippen LogP) is 5.87. The lowest BCUT2D eigenvalue weighted by molar-refractivity contribution is -0.307. The van der Waals surface area contributed by atoms with Gasteiger partial charge in [0.25, 0.3) is 0 Å². The Morgan fingerprint density at radius 2 is 1.10 bits per heavy atom. The summed E-state index contributed by atoms with van der Waals surface area (Å²) in [5.74, 6) is -5.98. The average molecular weight is 1140 g/mol. The summed E-state index contributed by atoms with van der Waals surface area (Å²) in [6.07, 6.45) is -21.2. The van der Waals surface area contributed by atoms with E-state index in [9.17, 15) is 50.2 Å². The van der Waals surface area contributed by atoms with Crippen LogP contribution < -0.4 is 0 Å². The summed E-state index contributed by atoms with van der Waals surface area (Å²) in [5.41, 5.74) is 30.6. The minimum atomic E-state index is -1.85. The summed E-state index contributed by atoms with van der Waals surface area (Å²) in [6, 6.07) is 15.4. The van der Waals surface area contributed by atoms with Gasteiger partial charge >= 0.3 is 41.9 Å². The van der Waals surface area contributed by atoms with E-state index in [4.69, 9.17) is 61.6 Å². The van der Waals surface area contributed by atoms with E-state index in [-0.39, 0.29) is 39.0 Å². The minimum Gasteiger partial charge on any atom is -0.463 e. The van der Waals surface area contributed by atoms with E-state index < -0.39 is 159 Å². The Bertz CT molecular complexity index is 2660. The Labute approximate surface area is 463 Å². The molecular weight excluding hydrogens is 1070 g/mol. The first-order valence-electron chi connectivity index (χ1n) is 25.8. The molecule has 4 fully saturated rings. The molecular formula is C51H64N10O20. The monoisotopic (exact) mass is 1140 g/mol. The standard InChI is InChI=1S/C51H64N10O20/c1-26-41(72-29(4)64)44(74-31(6)66)39(21-55-58-52)77-48(26)80-45-40(25-69-27(2)62)78-50(47(45)75-32(7)67)81-46-42(73-30(5)65)36(56-59-53)20-37(57-60-54)43(46)79-49-38(71-28(3)63)19-18-35(76-49)23-61(22-33-14-10-8-11-15-33)51(68)70-24-34-16-12-9-13-17-34/h8-17,26,35-50H,18-25H2,1-7H3/t26-,35+,36-,37+,38-,39+,40-,41-,42+,43-,44-,45-,46-,47-,48-,49-,50+/m1/s1. The third kappa shape index (κ3) is 17.9. The van der Waals surface area contributed by atoms with E-state index in [0.29, 0.717) is 0 Å². The van der Waals surface area contributed by atoms with Gasteiger partial charge in [-0.3, -0.25) is 28.8 Å². The molecule has 4 aliphatic rings. The number of hydrogen-bond acceptors (Lipinski definition) is 23. The maximum atomic E-state index is 13.9. The van der Waals surface area contributed by atoms with Gasteiger partial charge in [0, 0.05) is 68.7 Å². The van der Waals surface area contributed by atoms with Crippen LogP contribution in [-0.2, 0) is 103 Å². The third-order valence-electron chi connectivity index (χ3n) is 13.2. The molecule has 2 aromatic rings. The number of carbonyl (C=O) groups is 7. The van der Waals surface area contributed by atoms with Crippen molar-refractivity contribution in [1.82, 2.24) is 4.90 Å². The molecule has 1 aliphatic carbocycles. The molecule has 30 heteroatoms. The number of rotatable bonds is 23. The van der Waals surface area contributed by atoms with Crippen molar-refractivity contribution in [3.63, 3.8) is 0 Å². The van der Waals surface area contributed by atoms with E-state index >= 15 is 0 Å². The number of amides is 1. The predicted molar refractivity (Wildman–Crippen MR) is 271 cm³/mol. The summed E-state index contributed by atoms with van der Waals surface area (Å²) in [7, 11) is 0. The lowest BCUT2D eigenvalue weighted by Crippen LogP contribution is -2.62. The van der Waals surface area contributed by atoms with Crippen LogP contribution in [0.5, 0.6) is 0 Å². The highest BCUT2D eigenvalue weighted by Crippen LogP contribution is 2.41. The van der Waals surface area contributed by atoms with Gasteiger partial charge in [0.2, 0.25) is 0 Å². The van der Waals surface area contributed by atoms with E-state index in [2.05, 4.69) is 30.1 Å². The van der Waals surface area contributed by atoms with Crippen molar-refractivity contribution in [2.24, 2.45) is 21.3 Å². The third-order valence-corrected chi connectivity index (χ3v) is 13.2. The van der Waals surface area contributed by atoms with E-state index in [1.807, 2.05) is 48.5 Å². The summed E-state index contributed by atoms with van der Waals surface area (Å²) in [6.45, 7) is 6.99. The number of benzene rings is 2. The lowest BCUT2D eigenvalue weighted by Gasteiger charge is -2.47. The van der Waals surface area contributed by atoms with Gasteiger partial charge in [-0.15, -0.1) is 0 Å². The van der Waals surface area contributed by atoms with Gasteiger partial charge in [-0.05, 0) is 47.0 Å². The van der Waals surface area contributed by atoms with Crippen molar-refractivity contribution in [3.05, 3.63) is 103 Å². The smallest absolute Gasteiger partial charge is 0.410 e. The van der Waals surface area contributed by atoms with Gasteiger partial charge in [-0.25, -0.2) is 4.79 Å². The first kappa shape index (κ1) is 62.4. The number of ether oxygens (including phenoxy) is 13. The molecule has 81 heavy (non-hydrogen) atoms. The first-order chi connectivity index (χ1) is 38.8. The molecule has 0 aromatic heterocycles. The fourth-order valence-electron chi connectivity index (χ4n) is 9.88. The van der Waals surface area contributed by atoms with Crippen molar-refractivity contribution >= 4 is 41.9 Å². The topological polar surface area (TPSA) is 389 Å². The second-order valence-electron chi connectivity index (χ2n) is 19.3. The van der Waals surface area contributed by atoms with Crippen molar-refractivity contribution in [3.8, 4) is 0 Å². The number of esters is 6. The highest BCUT2D eigenvalue weighted by atomic mass is 16.8. The zero-order valence-corrected chi connectivity index (χ0v) is 45.4. The second kappa shape index (κ2) is 30.2. The van der Waals surface area contributed by atoms with Gasteiger partial charge in [0.05, 0.1) is 37.4 Å². The molecule has 1 amide bonds. The maximum Gasteiger partial charge on any atom is 0.410 e. The largest absolute Gasteiger partial charge is 0.463 e. The van der Waals surface area contributed by atoms with Gasteiger partial charge in [-0.1, -0.05) is 82.9 Å². The number of hydrogen-bond donors (Lipinski definition) is 0. The molecule has 30 nitrogen and oxygen atoms in total. The van der Waals surface area contributed by atoms with Crippen LogP contribution in [0.2, 0.25) is 0 Å². The molecule has 0 radical (unpaired) electrons. The van der Waals surface area contributed by atoms with Gasteiger partial charge in [0.15, 0.2) is 37.2 Å². The second-order valence-corrected chi connectivity index (χ2v) is 19.3. The van der Waals surface area contributed by atoms with Crippen molar-refractivity contribution in [1.29, 1.82) is 0 Å². The van der Waals surface area contributed by atoms with Crippen LogP contribution in [0.3, 0.4) is 0 Å². The molecule has 438 valence electrons. The molecule has 17 atom stereocenters. The molecule has 0 spiro atoms. The van der Waals surface area contributed by atoms with Crippen LogP contribution in [0.15, 0.2) is 76.0 Å². The Morgan fingerprint density at radius 1 is 0.556 bits per heavy atom. The fourth-order valence-corrected chi connectivity index (χ4v) is 9.88. The normalized spacial score (nSPS) is 30.5. The summed E-state index contributed by atoms with van der Waals surface area (Å²) in [4.78, 5) is 100. The number of carbonyl (C=O) groups excluding carboxylic acids is 7. The molecule has 3 saturated heterocycles. The Balaban J connectivity index is 1.39. The molecule has 2 aromatic carbocycles. The zero-order chi connectivity index (χ0) is 58.8. The quantitative estimate of drug-likeness (QED) is 0.0413. The van der Waals surface area contributed by atoms with Crippen molar-refractivity contribution < 1.29 is 95.1 Å². The van der Waals surface area contributed by atoms with Gasteiger partial charge < -0.3 is 66.5 Å². The summed E-state index contributed by atoms with van der Waals surface area (Å²) < 4.78 is 78.8. The molecule has 6 rings (SSSR count). The molecule has 0 bridgehead atoms. The Hall–Kier alpha value is -7.78. The van der Waals surface area contributed by atoms with Crippen LogP contribution >= 0.6 is 0 Å². The summed E-state index contributed by atoms with van der Waals surface area (Å²) in [5, 5.41) is 11.4.